The van der Waals surface area contributed by atoms with Crippen molar-refractivity contribution in [2.75, 3.05) is 31.6 Å². The third kappa shape index (κ3) is 5.97. The Morgan fingerprint density at radius 1 is 1.04 bits per heavy atom. The largest absolute Gasteiger partial charge is 0.494 e. The van der Waals surface area contributed by atoms with Gasteiger partial charge in [0.1, 0.15) is 17.2 Å². The molecular weight excluding hydrogens is 338 g/mol. The minimum atomic E-state index is -0.453. The van der Waals surface area contributed by atoms with Crippen LogP contribution in [0.4, 0.5) is 11.4 Å². The van der Waals surface area contributed by atoms with Gasteiger partial charge in [-0.2, -0.15) is 0 Å². The lowest BCUT2D eigenvalue weighted by molar-refractivity contribution is -0.384. The number of ether oxygens (including phenoxy) is 2. The van der Waals surface area contributed by atoms with E-state index < -0.39 is 4.92 Å². The number of carbonyl (C=O) groups is 1. The van der Waals surface area contributed by atoms with Crippen LogP contribution >= 0.6 is 0 Å². The Morgan fingerprint density at radius 3 is 2.35 bits per heavy atom. The maximum absolute atomic E-state index is 11.8. The molecule has 0 saturated carbocycles. The first-order chi connectivity index (χ1) is 12.6. The van der Waals surface area contributed by atoms with Crippen LogP contribution in [0.5, 0.6) is 11.5 Å². The van der Waals surface area contributed by atoms with Crippen LogP contribution in [-0.4, -0.2) is 37.1 Å². The normalized spacial score (nSPS) is 10.0. The molecule has 0 heterocycles. The number of anilines is 1. The van der Waals surface area contributed by atoms with Gasteiger partial charge in [0.25, 0.3) is 11.6 Å². The zero-order valence-corrected chi connectivity index (χ0v) is 14.4. The van der Waals surface area contributed by atoms with Crippen molar-refractivity contribution in [3.63, 3.8) is 0 Å². The number of nitro groups is 1. The van der Waals surface area contributed by atoms with Gasteiger partial charge in [0.05, 0.1) is 11.5 Å². The van der Waals surface area contributed by atoms with Crippen LogP contribution in [0.3, 0.4) is 0 Å². The van der Waals surface area contributed by atoms with E-state index in [1.165, 1.54) is 6.07 Å². The Balaban J connectivity index is 1.68. The molecule has 0 fully saturated rings. The molecule has 0 atom stereocenters. The van der Waals surface area contributed by atoms with E-state index in [2.05, 4.69) is 10.6 Å². The Bertz CT molecular complexity index is 734. The summed E-state index contributed by atoms with van der Waals surface area (Å²) in [5.74, 6) is 1.04. The second-order valence-electron chi connectivity index (χ2n) is 5.24. The topological polar surface area (TPSA) is 103 Å². The van der Waals surface area contributed by atoms with Gasteiger partial charge < -0.3 is 20.1 Å². The smallest absolute Gasteiger partial charge is 0.292 e. The summed E-state index contributed by atoms with van der Waals surface area (Å²) in [7, 11) is 0. The summed E-state index contributed by atoms with van der Waals surface area (Å²) in [6.07, 6.45) is 0. The fourth-order valence-electron chi connectivity index (χ4n) is 2.18. The van der Waals surface area contributed by atoms with Gasteiger partial charge in [-0.3, -0.25) is 14.9 Å². The number of nitrogens with zero attached hydrogens (tertiary/aromatic N) is 1. The summed E-state index contributed by atoms with van der Waals surface area (Å²) in [5.41, 5.74) is 0.412. The molecule has 0 radical (unpaired) electrons. The van der Waals surface area contributed by atoms with Crippen LogP contribution < -0.4 is 20.1 Å². The summed E-state index contributed by atoms with van der Waals surface area (Å²) >= 11 is 0. The maximum atomic E-state index is 11.8. The summed E-state index contributed by atoms with van der Waals surface area (Å²) in [5, 5.41) is 16.5. The van der Waals surface area contributed by atoms with Gasteiger partial charge in [-0.05, 0) is 37.3 Å². The number of benzene rings is 2. The standard InChI is InChI=1S/C18H21N3O5/c1-2-25-14-7-9-15(10-8-14)26-13-18(22)20-12-11-19-16-5-3-4-6-17(16)21(23)24/h3-10,19H,2,11-13H2,1H3,(H,20,22). The highest BCUT2D eigenvalue weighted by Gasteiger charge is 2.11. The van der Waals surface area contributed by atoms with Crippen LogP contribution in [0.25, 0.3) is 0 Å². The Labute approximate surface area is 151 Å². The highest BCUT2D eigenvalue weighted by atomic mass is 16.6. The zero-order chi connectivity index (χ0) is 18.8. The van der Waals surface area contributed by atoms with Crippen molar-refractivity contribution in [3.05, 3.63) is 58.6 Å². The first kappa shape index (κ1) is 19.0. The molecule has 138 valence electrons. The molecule has 0 aliphatic rings. The lowest BCUT2D eigenvalue weighted by Crippen LogP contribution is -2.32. The molecule has 2 aromatic rings. The summed E-state index contributed by atoms with van der Waals surface area (Å²) < 4.78 is 10.7. The van der Waals surface area contributed by atoms with Gasteiger partial charge >= 0.3 is 0 Å². The number of nitro benzene ring substituents is 1. The molecule has 0 bridgehead atoms. The minimum Gasteiger partial charge on any atom is -0.494 e. The molecule has 2 rings (SSSR count). The van der Waals surface area contributed by atoms with E-state index >= 15 is 0 Å². The fraction of sp³-hybridized carbons (Fsp3) is 0.278. The monoisotopic (exact) mass is 359 g/mol. The van der Waals surface area contributed by atoms with Gasteiger partial charge in [-0.15, -0.1) is 0 Å². The van der Waals surface area contributed by atoms with Crippen molar-refractivity contribution < 1.29 is 19.2 Å². The van der Waals surface area contributed by atoms with Gasteiger partial charge in [-0.25, -0.2) is 0 Å². The molecule has 0 aliphatic carbocycles. The third-order valence-electron chi connectivity index (χ3n) is 3.37. The molecular formula is C18H21N3O5. The number of hydrogen-bond donors (Lipinski definition) is 2. The van der Waals surface area contributed by atoms with E-state index in [1.807, 2.05) is 6.92 Å². The van der Waals surface area contributed by atoms with Crippen LogP contribution in [-0.2, 0) is 4.79 Å². The fourth-order valence-corrected chi connectivity index (χ4v) is 2.18. The van der Waals surface area contributed by atoms with Gasteiger partial charge in [0.15, 0.2) is 6.61 Å². The molecule has 0 saturated heterocycles. The molecule has 2 aromatic carbocycles. The van der Waals surface area contributed by atoms with E-state index in [4.69, 9.17) is 9.47 Å². The number of nitrogens with one attached hydrogen (secondary N) is 2. The first-order valence-corrected chi connectivity index (χ1v) is 8.19. The molecule has 8 heteroatoms. The lowest BCUT2D eigenvalue weighted by atomic mass is 10.2. The van der Waals surface area contributed by atoms with E-state index in [0.717, 1.165) is 5.75 Å². The highest BCUT2D eigenvalue weighted by molar-refractivity contribution is 5.77. The molecule has 26 heavy (non-hydrogen) atoms. The van der Waals surface area contributed by atoms with Crippen LogP contribution in [0, 0.1) is 10.1 Å². The second kappa shape index (κ2) is 9.87. The molecule has 0 unspecified atom stereocenters. The van der Waals surface area contributed by atoms with Gasteiger partial charge in [0, 0.05) is 19.2 Å². The van der Waals surface area contributed by atoms with E-state index in [1.54, 1.807) is 42.5 Å². The number of para-hydroxylation sites is 2. The molecule has 0 spiro atoms. The Hall–Kier alpha value is -3.29. The van der Waals surface area contributed by atoms with Crippen LogP contribution in [0.15, 0.2) is 48.5 Å². The SMILES string of the molecule is CCOc1ccc(OCC(=O)NCCNc2ccccc2[N+](=O)[O-])cc1. The Kier molecular flexibility index (Phi) is 7.23. The summed E-state index contributed by atoms with van der Waals surface area (Å²) in [6, 6.07) is 13.4. The molecule has 1 amide bonds. The van der Waals surface area contributed by atoms with Crippen molar-refractivity contribution in [3.8, 4) is 11.5 Å². The predicted octanol–water partition coefficient (Wildman–Crippen LogP) is 2.60. The van der Waals surface area contributed by atoms with E-state index in [9.17, 15) is 14.9 Å². The third-order valence-corrected chi connectivity index (χ3v) is 3.37. The molecule has 8 nitrogen and oxygen atoms in total. The van der Waals surface area contributed by atoms with E-state index in [0.29, 0.717) is 31.1 Å². The van der Waals surface area contributed by atoms with Crippen molar-refractivity contribution in [2.24, 2.45) is 0 Å². The van der Waals surface area contributed by atoms with Gasteiger partial charge in [0.2, 0.25) is 0 Å². The van der Waals surface area contributed by atoms with Crippen LogP contribution in [0.1, 0.15) is 6.92 Å². The number of hydrogen-bond acceptors (Lipinski definition) is 6. The van der Waals surface area contributed by atoms with Crippen molar-refractivity contribution in [2.45, 2.75) is 6.92 Å². The zero-order valence-electron chi connectivity index (χ0n) is 14.4. The number of amides is 1. The van der Waals surface area contributed by atoms with Crippen molar-refractivity contribution in [1.29, 1.82) is 0 Å². The predicted molar refractivity (Wildman–Crippen MR) is 97.7 cm³/mol. The molecule has 0 aliphatic heterocycles. The van der Waals surface area contributed by atoms with E-state index in [-0.39, 0.29) is 18.2 Å². The van der Waals surface area contributed by atoms with Crippen LogP contribution in [0.2, 0.25) is 0 Å². The minimum absolute atomic E-state index is 0.00217. The first-order valence-electron chi connectivity index (χ1n) is 8.19. The average Bonchev–Trinajstić information content (AvgIpc) is 2.65. The number of carbonyl (C=O) groups excluding carboxylic acids is 1. The summed E-state index contributed by atoms with van der Waals surface area (Å²) in [6.45, 7) is 3.05. The summed E-state index contributed by atoms with van der Waals surface area (Å²) in [4.78, 5) is 22.2. The Morgan fingerprint density at radius 2 is 1.69 bits per heavy atom. The highest BCUT2D eigenvalue weighted by Crippen LogP contribution is 2.22. The van der Waals surface area contributed by atoms with Crippen molar-refractivity contribution in [1.82, 2.24) is 5.32 Å². The maximum Gasteiger partial charge on any atom is 0.292 e. The molecule has 0 aromatic heterocycles. The average molecular weight is 359 g/mol. The van der Waals surface area contributed by atoms with Crippen molar-refractivity contribution >= 4 is 17.3 Å². The lowest BCUT2D eigenvalue weighted by Gasteiger charge is -2.10. The quantitative estimate of drug-likeness (QED) is 0.384. The number of rotatable bonds is 10. The van der Waals surface area contributed by atoms with Gasteiger partial charge in [-0.1, -0.05) is 12.1 Å². The second-order valence-corrected chi connectivity index (χ2v) is 5.24. The molecule has 2 N–H and O–H groups in total.